The number of sulfonamides is 1. The minimum atomic E-state index is -3.76. The van der Waals surface area contributed by atoms with Crippen LogP contribution in [0, 0.1) is 0 Å². The normalized spacial score (nSPS) is 18.5. The van der Waals surface area contributed by atoms with E-state index in [1.54, 1.807) is 0 Å². The van der Waals surface area contributed by atoms with Gasteiger partial charge in [-0.2, -0.15) is 4.31 Å². The number of hydrogen-bond acceptors (Lipinski definition) is 5. The molecule has 0 bridgehead atoms. The summed E-state index contributed by atoms with van der Waals surface area (Å²) in [6, 6.07) is 2.36. The summed E-state index contributed by atoms with van der Waals surface area (Å²) in [5.41, 5.74) is -1.03. The van der Waals surface area contributed by atoms with Gasteiger partial charge < -0.3 is 10.2 Å². The Hall–Kier alpha value is -1.51. The lowest BCUT2D eigenvalue weighted by Gasteiger charge is -2.45. The molecule has 1 saturated heterocycles. The summed E-state index contributed by atoms with van der Waals surface area (Å²) >= 11 is 0. The molecule has 0 aromatic carbocycles. The third kappa shape index (κ3) is 2.67. The summed E-state index contributed by atoms with van der Waals surface area (Å²) in [6.45, 7) is 2.01. The molecule has 2 N–H and O–H groups in total. The van der Waals surface area contributed by atoms with Crippen molar-refractivity contribution in [2.24, 2.45) is 0 Å². The highest BCUT2D eigenvalue weighted by Crippen LogP contribution is 2.30. The smallest absolute Gasteiger partial charge is 0.337 e. The Morgan fingerprint density at radius 1 is 1.45 bits per heavy atom. The molecule has 1 aromatic rings. The summed E-state index contributed by atoms with van der Waals surface area (Å²) in [7, 11) is -3.76. The molecule has 2 rings (SSSR count). The zero-order chi connectivity index (χ0) is 15.0. The van der Waals surface area contributed by atoms with Crippen LogP contribution in [0.4, 0.5) is 0 Å². The van der Waals surface area contributed by atoms with E-state index >= 15 is 0 Å². The van der Waals surface area contributed by atoms with Crippen molar-refractivity contribution in [3.63, 3.8) is 0 Å². The van der Waals surface area contributed by atoms with Gasteiger partial charge in [0.15, 0.2) is 5.03 Å². The van der Waals surface area contributed by atoms with Crippen molar-refractivity contribution in [3.8, 4) is 0 Å². The van der Waals surface area contributed by atoms with E-state index in [4.69, 9.17) is 5.11 Å². The van der Waals surface area contributed by atoms with Crippen LogP contribution in [0.5, 0.6) is 0 Å². The third-order valence-electron chi connectivity index (χ3n) is 3.24. The minimum Gasteiger partial charge on any atom is -0.478 e. The Bertz CT molecular complexity index is 605. The van der Waals surface area contributed by atoms with Gasteiger partial charge in [-0.1, -0.05) is 13.3 Å². The van der Waals surface area contributed by atoms with E-state index in [0.717, 1.165) is 23.0 Å². The molecular weight excluding hydrogens is 284 g/mol. The van der Waals surface area contributed by atoms with Gasteiger partial charge >= 0.3 is 5.97 Å². The van der Waals surface area contributed by atoms with E-state index in [1.807, 2.05) is 6.92 Å². The van der Waals surface area contributed by atoms with Crippen LogP contribution < -0.4 is 0 Å². The van der Waals surface area contributed by atoms with Crippen molar-refractivity contribution in [3.05, 3.63) is 23.9 Å². The van der Waals surface area contributed by atoms with Crippen LogP contribution in [-0.2, 0) is 10.0 Å². The quantitative estimate of drug-likeness (QED) is 0.810. The van der Waals surface area contributed by atoms with Crippen molar-refractivity contribution in [2.75, 3.05) is 13.1 Å². The lowest BCUT2D eigenvalue weighted by Crippen LogP contribution is -2.63. The van der Waals surface area contributed by atoms with Crippen LogP contribution >= 0.6 is 0 Å². The van der Waals surface area contributed by atoms with Gasteiger partial charge in [0.05, 0.1) is 11.2 Å². The fraction of sp³-hybridized carbons (Fsp3) is 0.500. The van der Waals surface area contributed by atoms with Crippen molar-refractivity contribution < 1.29 is 23.4 Å². The molecule has 0 saturated carbocycles. The molecule has 1 aliphatic heterocycles. The predicted octanol–water partition coefficient (Wildman–Crippen LogP) is 0.315. The summed E-state index contributed by atoms with van der Waals surface area (Å²) in [5.74, 6) is -1.16. The van der Waals surface area contributed by atoms with Crippen LogP contribution in [0.2, 0.25) is 0 Å². The second-order valence-electron chi connectivity index (χ2n) is 4.94. The monoisotopic (exact) mass is 300 g/mol. The predicted molar refractivity (Wildman–Crippen MR) is 69.8 cm³/mol. The first-order chi connectivity index (χ1) is 9.28. The van der Waals surface area contributed by atoms with Gasteiger partial charge in [0.1, 0.15) is 0 Å². The Morgan fingerprint density at radius 3 is 2.55 bits per heavy atom. The maximum absolute atomic E-state index is 12.2. The van der Waals surface area contributed by atoms with Crippen LogP contribution in [0.25, 0.3) is 0 Å². The van der Waals surface area contributed by atoms with E-state index in [2.05, 4.69) is 4.98 Å². The molecule has 0 unspecified atom stereocenters. The zero-order valence-electron chi connectivity index (χ0n) is 11.0. The maximum Gasteiger partial charge on any atom is 0.337 e. The number of aromatic carboxylic acids is 1. The molecule has 7 nitrogen and oxygen atoms in total. The number of nitrogens with zero attached hydrogens (tertiary/aromatic N) is 2. The topological polar surface area (TPSA) is 108 Å². The summed E-state index contributed by atoms with van der Waals surface area (Å²) in [5, 5.41) is 18.5. The van der Waals surface area contributed by atoms with Gasteiger partial charge in [0.25, 0.3) is 10.0 Å². The van der Waals surface area contributed by atoms with Crippen molar-refractivity contribution in [1.82, 2.24) is 9.29 Å². The maximum atomic E-state index is 12.2. The number of aliphatic hydroxyl groups is 1. The second-order valence-corrected chi connectivity index (χ2v) is 6.82. The average molecular weight is 300 g/mol. The second kappa shape index (κ2) is 5.12. The highest BCUT2D eigenvalue weighted by atomic mass is 32.2. The SMILES string of the molecule is CCCC1(O)CN(S(=O)(=O)c2ccc(C(=O)O)cn2)C1. The number of carboxylic acid groups (broad SMARTS) is 1. The van der Waals surface area contributed by atoms with Crippen LogP contribution in [0.1, 0.15) is 30.1 Å². The van der Waals surface area contributed by atoms with E-state index in [9.17, 15) is 18.3 Å². The molecule has 20 heavy (non-hydrogen) atoms. The van der Waals surface area contributed by atoms with Gasteiger partial charge in [-0.15, -0.1) is 0 Å². The molecule has 2 heterocycles. The molecule has 1 aliphatic rings. The lowest BCUT2D eigenvalue weighted by molar-refractivity contribution is -0.0654. The molecule has 110 valence electrons. The zero-order valence-corrected chi connectivity index (χ0v) is 11.8. The standard InChI is InChI=1S/C12H16N2O5S/c1-2-5-12(17)7-14(8-12)20(18,19)10-4-3-9(6-13-10)11(15)16/h3-4,6,17H,2,5,7-8H2,1H3,(H,15,16). The van der Waals surface area contributed by atoms with Crippen molar-refractivity contribution >= 4 is 16.0 Å². The van der Waals surface area contributed by atoms with Gasteiger partial charge in [0, 0.05) is 19.3 Å². The number of rotatable bonds is 5. The van der Waals surface area contributed by atoms with Gasteiger partial charge in [-0.25, -0.2) is 18.2 Å². The average Bonchev–Trinajstić information content (AvgIpc) is 2.36. The molecule has 0 radical (unpaired) electrons. The number of hydrogen-bond donors (Lipinski definition) is 2. The number of carbonyl (C=O) groups is 1. The molecular formula is C12H16N2O5S. The lowest BCUT2D eigenvalue weighted by atomic mass is 9.92. The molecule has 0 aliphatic carbocycles. The summed E-state index contributed by atoms with van der Waals surface area (Å²) in [4.78, 5) is 14.4. The molecule has 1 aromatic heterocycles. The Balaban J connectivity index is 2.14. The van der Waals surface area contributed by atoms with Crippen LogP contribution in [-0.4, -0.2) is 52.6 Å². The largest absolute Gasteiger partial charge is 0.478 e. The first kappa shape index (κ1) is 14.9. The fourth-order valence-electron chi connectivity index (χ4n) is 2.20. The third-order valence-corrected chi connectivity index (χ3v) is 4.95. The molecule has 0 atom stereocenters. The van der Waals surface area contributed by atoms with Crippen LogP contribution in [0.15, 0.2) is 23.4 Å². The van der Waals surface area contributed by atoms with E-state index in [-0.39, 0.29) is 23.7 Å². The number of aromatic nitrogens is 1. The molecule has 0 spiro atoms. The van der Waals surface area contributed by atoms with E-state index < -0.39 is 21.6 Å². The van der Waals surface area contributed by atoms with Gasteiger partial charge in [-0.3, -0.25) is 0 Å². The first-order valence-corrected chi connectivity index (χ1v) is 7.64. The van der Waals surface area contributed by atoms with Gasteiger partial charge in [0.2, 0.25) is 0 Å². The first-order valence-electron chi connectivity index (χ1n) is 6.20. The minimum absolute atomic E-state index is 0.0472. The molecule has 1 fully saturated rings. The number of β-amino-alcohol motifs (C(OH)–C–C–N with tert-alkyl or cyclic N) is 1. The van der Waals surface area contributed by atoms with Gasteiger partial charge in [-0.05, 0) is 18.6 Å². The highest BCUT2D eigenvalue weighted by Gasteiger charge is 2.46. The van der Waals surface area contributed by atoms with Crippen molar-refractivity contribution in [2.45, 2.75) is 30.4 Å². The molecule has 8 heteroatoms. The Morgan fingerprint density at radius 2 is 2.10 bits per heavy atom. The summed E-state index contributed by atoms with van der Waals surface area (Å²) < 4.78 is 25.5. The van der Waals surface area contributed by atoms with Crippen LogP contribution in [0.3, 0.4) is 0 Å². The molecule has 0 amide bonds. The highest BCUT2D eigenvalue weighted by molar-refractivity contribution is 7.89. The summed E-state index contributed by atoms with van der Waals surface area (Å²) in [6.07, 6.45) is 2.33. The number of carboxylic acids is 1. The Kier molecular flexibility index (Phi) is 3.81. The van der Waals surface area contributed by atoms with E-state index in [0.29, 0.717) is 6.42 Å². The number of pyridine rings is 1. The van der Waals surface area contributed by atoms with E-state index in [1.165, 1.54) is 6.07 Å². The Labute approximate surface area is 116 Å². The fourth-order valence-corrected chi connectivity index (χ4v) is 3.71. The van der Waals surface area contributed by atoms with Crippen molar-refractivity contribution in [1.29, 1.82) is 0 Å².